The van der Waals surface area contributed by atoms with Gasteiger partial charge in [0, 0.05) is 67.8 Å². The highest BCUT2D eigenvalue weighted by Gasteiger charge is 2.32. The summed E-state index contributed by atoms with van der Waals surface area (Å²) in [5.74, 6) is -0.849. The zero-order chi connectivity index (χ0) is 18.8. The van der Waals surface area contributed by atoms with Crippen LogP contribution in [0.3, 0.4) is 0 Å². The molecule has 0 spiro atoms. The molecule has 27 heavy (non-hydrogen) atoms. The molecule has 0 saturated carbocycles. The summed E-state index contributed by atoms with van der Waals surface area (Å²) in [6.07, 6.45) is 5.37. The maximum absolute atomic E-state index is 12.1. The molecule has 1 aliphatic rings. The molecule has 3 heterocycles. The number of piperazine rings is 1. The Bertz CT molecular complexity index is 936. The monoisotopic (exact) mass is 384 g/mol. The zero-order valence-corrected chi connectivity index (χ0v) is 15.6. The van der Waals surface area contributed by atoms with Crippen LogP contribution >= 0.6 is 11.6 Å². The highest BCUT2D eigenvalue weighted by atomic mass is 35.5. The average molecular weight is 385 g/mol. The number of aliphatic carboxylic acids is 1. The number of hydrogen-bond acceptors (Lipinski definition) is 4. The Hall–Kier alpha value is -2.41. The van der Waals surface area contributed by atoms with E-state index in [0.29, 0.717) is 18.1 Å². The number of carbonyl (C=O) groups is 1. The number of pyridine rings is 1. The molecule has 1 fully saturated rings. The van der Waals surface area contributed by atoms with E-state index in [9.17, 15) is 9.90 Å². The Balaban J connectivity index is 1.52. The quantitative estimate of drug-likeness (QED) is 0.707. The molecule has 0 bridgehead atoms. The SMILES string of the molecule is O=C(O)[C@@H](c1c[nH]c2cccc(Cl)c12)N1CCN(Cc2ccncc2)CC1. The van der Waals surface area contributed by atoms with Crippen molar-refractivity contribution in [3.63, 3.8) is 0 Å². The van der Waals surface area contributed by atoms with Gasteiger partial charge in [-0.3, -0.25) is 19.6 Å². The van der Waals surface area contributed by atoms with Crippen LogP contribution in [0.2, 0.25) is 5.02 Å². The molecule has 0 radical (unpaired) electrons. The van der Waals surface area contributed by atoms with Crippen LogP contribution in [0.1, 0.15) is 17.2 Å². The Kier molecular flexibility index (Phi) is 5.11. The van der Waals surface area contributed by atoms with E-state index in [2.05, 4.69) is 14.9 Å². The molecular weight excluding hydrogens is 364 g/mol. The van der Waals surface area contributed by atoms with E-state index in [1.54, 1.807) is 24.7 Å². The Morgan fingerprint density at radius 1 is 1.19 bits per heavy atom. The molecule has 140 valence electrons. The largest absolute Gasteiger partial charge is 0.480 e. The number of fused-ring (bicyclic) bond motifs is 1. The molecule has 7 heteroatoms. The second kappa shape index (κ2) is 7.68. The van der Waals surface area contributed by atoms with Crippen LogP contribution in [0.15, 0.2) is 48.9 Å². The molecule has 2 aromatic heterocycles. The summed E-state index contributed by atoms with van der Waals surface area (Å²) in [5, 5.41) is 11.3. The smallest absolute Gasteiger partial charge is 0.325 e. The number of halogens is 1. The van der Waals surface area contributed by atoms with Gasteiger partial charge < -0.3 is 10.1 Å². The number of carboxylic acids is 1. The molecule has 1 saturated heterocycles. The molecule has 3 aromatic rings. The number of aromatic nitrogens is 2. The van der Waals surface area contributed by atoms with Gasteiger partial charge in [0.25, 0.3) is 0 Å². The van der Waals surface area contributed by atoms with E-state index in [4.69, 9.17) is 11.6 Å². The fourth-order valence-corrected chi connectivity index (χ4v) is 4.08. The predicted octanol–water partition coefficient (Wildman–Crippen LogP) is 3.16. The minimum Gasteiger partial charge on any atom is -0.480 e. The number of benzene rings is 1. The van der Waals surface area contributed by atoms with Gasteiger partial charge in [-0.15, -0.1) is 0 Å². The molecule has 0 amide bonds. The highest BCUT2D eigenvalue weighted by Crippen LogP contribution is 2.33. The van der Waals surface area contributed by atoms with Crippen molar-refractivity contribution in [3.05, 3.63) is 65.1 Å². The Morgan fingerprint density at radius 2 is 1.93 bits per heavy atom. The number of carboxylic acid groups (broad SMARTS) is 1. The van der Waals surface area contributed by atoms with Crippen molar-refractivity contribution in [2.45, 2.75) is 12.6 Å². The predicted molar refractivity (Wildman–Crippen MR) is 105 cm³/mol. The van der Waals surface area contributed by atoms with Crippen molar-refractivity contribution in [2.75, 3.05) is 26.2 Å². The van der Waals surface area contributed by atoms with Crippen molar-refractivity contribution >= 4 is 28.5 Å². The number of nitrogens with zero attached hydrogens (tertiary/aromatic N) is 3. The Morgan fingerprint density at radius 3 is 2.63 bits per heavy atom. The lowest BCUT2D eigenvalue weighted by molar-refractivity contribution is -0.144. The van der Waals surface area contributed by atoms with Crippen LogP contribution in [0, 0.1) is 0 Å². The van der Waals surface area contributed by atoms with Crippen molar-refractivity contribution < 1.29 is 9.90 Å². The summed E-state index contributed by atoms with van der Waals surface area (Å²) in [7, 11) is 0. The molecule has 2 N–H and O–H groups in total. The van der Waals surface area contributed by atoms with Gasteiger partial charge in [0.05, 0.1) is 5.02 Å². The maximum Gasteiger partial charge on any atom is 0.325 e. The summed E-state index contributed by atoms with van der Waals surface area (Å²) in [6, 6.07) is 8.89. The first-order chi connectivity index (χ1) is 13.1. The van der Waals surface area contributed by atoms with Gasteiger partial charge >= 0.3 is 5.97 Å². The van der Waals surface area contributed by atoms with Gasteiger partial charge in [-0.05, 0) is 29.8 Å². The molecule has 1 aliphatic heterocycles. The topological polar surface area (TPSA) is 72.5 Å². The molecule has 1 aromatic carbocycles. The number of rotatable bonds is 5. The summed E-state index contributed by atoms with van der Waals surface area (Å²) in [5.41, 5.74) is 2.81. The van der Waals surface area contributed by atoms with Crippen LogP contribution in [-0.4, -0.2) is 57.0 Å². The minimum atomic E-state index is -0.849. The number of nitrogens with one attached hydrogen (secondary N) is 1. The first-order valence-corrected chi connectivity index (χ1v) is 9.35. The van der Waals surface area contributed by atoms with Gasteiger partial charge in [0.15, 0.2) is 0 Å². The van der Waals surface area contributed by atoms with Crippen LogP contribution in [0.5, 0.6) is 0 Å². The van der Waals surface area contributed by atoms with Crippen molar-refractivity contribution in [2.24, 2.45) is 0 Å². The summed E-state index contributed by atoms with van der Waals surface area (Å²) >= 11 is 6.36. The number of H-pyrrole nitrogens is 1. The fraction of sp³-hybridized carbons (Fsp3) is 0.300. The first kappa shape index (κ1) is 18.0. The van der Waals surface area contributed by atoms with Crippen molar-refractivity contribution in [1.82, 2.24) is 19.8 Å². The van der Waals surface area contributed by atoms with Gasteiger partial charge in [-0.1, -0.05) is 17.7 Å². The van der Waals surface area contributed by atoms with E-state index < -0.39 is 12.0 Å². The summed E-state index contributed by atoms with van der Waals surface area (Å²) < 4.78 is 0. The first-order valence-electron chi connectivity index (χ1n) is 8.97. The van der Waals surface area contributed by atoms with E-state index in [-0.39, 0.29) is 0 Å². The van der Waals surface area contributed by atoms with Crippen LogP contribution < -0.4 is 0 Å². The van der Waals surface area contributed by atoms with Gasteiger partial charge in [0.2, 0.25) is 0 Å². The third-order valence-electron chi connectivity index (χ3n) is 5.14. The summed E-state index contributed by atoms with van der Waals surface area (Å²) in [6.45, 7) is 3.88. The van der Waals surface area contributed by atoms with Crippen molar-refractivity contribution in [1.29, 1.82) is 0 Å². The highest BCUT2D eigenvalue weighted by molar-refractivity contribution is 6.35. The minimum absolute atomic E-state index is 0.575. The third-order valence-corrected chi connectivity index (χ3v) is 5.46. The second-order valence-corrected chi connectivity index (χ2v) is 7.22. The van der Waals surface area contributed by atoms with Crippen LogP contribution in [0.25, 0.3) is 10.9 Å². The van der Waals surface area contributed by atoms with Crippen molar-refractivity contribution in [3.8, 4) is 0 Å². The van der Waals surface area contributed by atoms with E-state index >= 15 is 0 Å². The van der Waals surface area contributed by atoms with E-state index in [1.807, 2.05) is 29.2 Å². The van der Waals surface area contributed by atoms with Crippen LogP contribution in [-0.2, 0) is 11.3 Å². The molecule has 0 unspecified atom stereocenters. The third kappa shape index (κ3) is 3.69. The molecule has 6 nitrogen and oxygen atoms in total. The van der Waals surface area contributed by atoms with E-state index in [1.165, 1.54) is 5.56 Å². The lowest BCUT2D eigenvalue weighted by Gasteiger charge is -2.37. The second-order valence-electron chi connectivity index (χ2n) is 6.81. The number of hydrogen-bond donors (Lipinski definition) is 2. The molecule has 4 rings (SSSR count). The van der Waals surface area contributed by atoms with Crippen LogP contribution in [0.4, 0.5) is 0 Å². The van der Waals surface area contributed by atoms with Gasteiger partial charge in [-0.2, -0.15) is 0 Å². The molecule has 0 aliphatic carbocycles. The lowest BCUT2D eigenvalue weighted by atomic mass is 10.0. The molecular formula is C20H21ClN4O2. The Labute approximate surface area is 162 Å². The maximum atomic E-state index is 12.1. The zero-order valence-electron chi connectivity index (χ0n) is 14.8. The number of aromatic amines is 1. The normalized spacial score (nSPS) is 17.2. The van der Waals surface area contributed by atoms with Gasteiger partial charge in [0.1, 0.15) is 6.04 Å². The lowest BCUT2D eigenvalue weighted by Crippen LogP contribution is -2.48. The molecule has 1 atom stereocenters. The fourth-order valence-electron chi connectivity index (χ4n) is 3.79. The van der Waals surface area contributed by atoms with E-state index in [0.717, 1.165) is 36.1 Å². The summed E-state index contributed by atoms with van der Waals surface area (Å²) in [4.78, 5) is 23.7. The average Bonchev–Trinajstić information content (AvgIpc) is 3.09. The van der Waals surface area contributed by atoms with Gasteiger partial charge in [-0.25, -0.2) is 0 Å². The standard InChI is InChI=1S/C20H21ClN4O2/c21-16-2-1-3-17-18(16)15(12-23-17)19(20(26)27)25-10-8-24(9-11-25)13-14-4-6-22-7-5-14/h1-7,12,19,23H,8-11,13H2,(H,26,27)/t19-/m1/s1.